The molecule has 9 heteroatoms. The van der Waals surface area contributed by atoms with Crippen molar-refractivity contribution in [3.05, 3.63) is 71.3 Å². The molecule has 0 aliphatic carbocycles. The quantitative estimate of drug-likeness (QED) is 0.575. The first-order chi connectivity index (χ1) is 12.7. The van der Waals surface area contributed by atoms with Crippen LogP contribution in [0, 0.1) is 0 Å². The van der Waals surface area contributed by atoms with E-state index in [0.29, 0.717) is 5.56 Å². The van der Waals surface area contributed by atoms with E-state index >= 15 is 0 Å². The molecule has 0 aromatic heterocycles. The van der Waals surface area contributed by atoms with Gasteiger partial charge in [0.05, 0.1) is 11.7 Å². The van der Waals surface area contributed by atoms with Gasteiger partial charge in [0.25, 0.3) is 5.91 Å². The van der Waals surface area contributed by atoms with Crippen molar-refractivity contribution in [2.75, 3.05) is 13.2 Å². The molecule has 2 unspecified atom stereocenters. The number of nitrogens with two attached hydrogens (primary N) is 1. The highest BCUT2D eigenvalue weighted by atomic mass is 35.5. The Hall–Kier alpha value is -2.13. The van der Waals surface area contributed by atoms with Gasteiger partial charge in [-0.05, 0) is 24.6 Å². The first-order valence-electron chi connectivity index (χ1n) is 8.30. The van der Waals surface area contributed by atoms with Crippen molar-refractivity contribution >= 4 is 18.3 Å². The molecule has 154 valence electrons. The van der Waals surface area contributed by atoms with E-state index < -0.39 is 29.5 Å². The minimum Gasteiger partial charge on any atom is -0.387 e. The number of ether oxygens (including phenoxy) is 1. The fraction of sp³-hybridized carbons (Fsp3) is 0.316. The Morgan fingerprint density at radius 3 is 2.29 bits per heavy atom. The first-order valence-corrected chi connectivity index (χ1v) is 8.30. The maximum atomic E-state index is 12.9. The SMILES string of the molecule is CCOC(NCC(O)c1cccc(C(F)(F)F)c1)(C(N)=O)c1ccccc1.Cl. The minimum atomic E-state index is -4.52. The van der Waals surface area contributed by atoms with Crippen LogP contribution in [0.5, 0.6) is 0 Å². The number of aliphatic hydroxyl groups is 1. The van der Waals surface area contributed by atoms with Gasteiger partial charge in [-0.15, -0.1) is 12.4 Å². The van der Waals surface area contributed by atoms with E-state index in [4.69, 9.17) is 10.5 Å². The normalized spacial score (nSPS) is 14.6. The van der Waals surface area contributed by atoms with Gasteiger partial charge in [0.15, 0.2) is 0 Å². The summed E-state index contributed by atoms with van der Waals surface area (Å²) in [4.78, 5) is 12.2. The molecule has 0 saturated heterocycles. The summed E-state index contributed by atoms with van der Waals surface area (Å²) in [5, 5.41) is 13.1. The molecular formula is C19H22ClF3N2O3. The predicted octanol–water partition coefficient (Wildman–Crippen LogP) is 3.13. The van der Waals surface area contributed by atoms with Crippen LogP contribution >= 0.6 is 12.4 Å². The third kappa shape index (κ3) is 5.45. The molecule has 0 fully saturated rings. The highest BCUT2D eigenvalue weighted by Gasteiger charge is 2.40. The fourth-order valence-corrected chi connectivity index (χ4v) is 2.71. The van der Waals surface area contributed by atoms with Crippen LogP contribution in [0.2, 0.25) is 0 Å². The number of halogens is 4. The molecule has 0 spiro atoms. The van der Waals surface area contributed by atoms with Crippen molar-refractivity contribution in [2.45, 2.75) is 24.9 Å². The van der Waals surface area contributed by atoms with Crippen LogP contribution in [-0.2, 0) is 21.4 Å². The zero-order valence-electron chi connectivity index (χ0n) is 15.1. The van der Waals surface area contributed by atoms with Crippen molar-refractivity contribution in [3.63, 3.8) is 0 Å². The van der Waals surface area contributed by atoms with E-state index in [0.717, 1.165) is 12.1 Å². The van der Waals surface area contributed by atoms with Crippen LogP contribution in [-0.4, -0.2) is 24.2 Å². The number of aliphatic hydroxyl groups excluding tert-OH is 1. The largest absolute Gasteiger partial charge is 0.416 e. The smallest absolute Gasteiger partial charge is 0.387 e. The molecule has 0 heterocycles. The number of rotatable bonds is 8. The van der Waals surface area contributed by atoms with Gasteiger partial charge in [0, 0.05) is 18.7 Å². The zero-order chi connectivity index (χ0) is 20.1. The molecule has 0 aliphatic rings. The first kappa shape index (κ1) is 23.9. The third-order valence-corrected chi connectivity index (χ3v) is 4.03. The van der Waals surface area contributed by atoms with E-state index in [1.165, 1.54) is 12.1 Å². The summed E-state index contributed by atoms with van der Waals surface area (Å²) in [5.41, 5.74) is 3.44. The summed E-state index contributed by atoms with van der Waals surface area (Å²) < 4.78 is 44.1. The number of carbonyl (C=O) groups is 1. The Balaban J connectivity index is 0.00000392. The molecule has 2 rings (SSSR count). The molecule has 2 atom stereocenters. The topological polar surface area (TPSA) is 84.6 Å². The maximum absolute atomic E-state index is 12.9. The number of hydrogen-bond acceptors (Lipinski definition) is 4. The minimum absolute atomic E-state index is 0. The van der Waals surface area contributed by atoms with Crippen molar-refractivity contribution in [3.8, 4) is 0 Å². The van der Waals surface area contributed by atoms with Crippen LogP contribution in [0.15, 0.2) is 54.6 Å². The second-order valence-corrected chi connectivity index (χ2v) is 5.86. The Morgan fingerprint density at radius 2 is 1.75 bits per heavy atom. The molecule has 4 N–H and O–H groups in total. The van der Waals surface area contributed by atoms with Crippen LogP contribution in [0.4, 0.5) is 13.2 Å². The summed E-state index contributed by atoms with van der Waals surface area (Å²) >= 11 is 0. The summed E-state index contributed by atoms with van der Waals surface area (Å²) in [6.45, 7) is 1.56. The Labute approximate surface area is 167 Å². The summed E-state index contributed by atoms with van der Waals surface area (Å²) in [6.07, 6.45) is -5.83. The average Bonchev–Trinajstić information content (AvgIpc) is 2.64. The van der Waals surface area contributed by atoms with Crippen molar-refractivity contribution in [1.82, 2.24) is 5.32 Å². The Bertz CT molecular complexity index is 775. The highest BCUT2D eigenvalue weighted by molar-refractivity contribution is 5.85. The van der Waals surface area contributed by atoms with Crippen molar-refractivity contribution in [2.24, 2.45) is 5.73 Å². The molecule has 0 bridgehead atoms. The molecule has 28 heavy (non-hydrogen) atoms. The lowest BCUT2D eigenvalue weighted by Gasteiger charge is -2.32. The van der Waals surface area contributed by atoms with Gasteiger partial charge >= 0.3 is 6.18 Å². The molecule has 2 aromatic carbocycles. The van der Waals surface area contributed by atoms with E-state index in [2.05, 4.69) is 5.32 Å². The molecule has 0 radical (unpaired) electrons. The van der Waals surface area contributed by atoms with Crippen LogP contribution in [0.25, 0.3) is 0 Å². The number of nitrogens with one attached hydrogen (secondary N) is 1. The fourth-order valence-electron chi connectivity index (χ4n) is 2.71. The van der Waals surface area contributed by atoms with E-state index in [-0.39, 0.29) is 31.1 Å². The standard InChI is InChI=1S/C19H21F3N2O3.ClH/c1-2-27-18(17(23)26,14-8-4-3-5-9-14)24-12-16(25)13-7-6-10-15(11-13)19(20,21)22;/h3-11,16,24-25H,2,12H2,1H3,(H2,23,26);1H. The molecule has 0 aliphatic heterocycles. The lowest BCUT2D eigenvalue weighted by atomic mass is 10.00. The summed E-state index contributed by atoms with van der Waals surface area (Å²) in [7, 11) is 0. The number of carbonyl (C=O) groups excluding carboxylic acids is 1. The van der Waals surface area contributed by atoms with Gasteiger partial charge in [-0.25, -0.2) is 0 Å². The number of hydrogen-bond donors (Lipinski definition) is 3. The number of primary amides is 1. The molecular weight excluding hydrogens is 397 g/mol. The van der Waals surface area contributed by atoms with Gasteiger partial charge in [-0.3, -0.25) is 10.1 Å². The second-order valence-electron chi connectivity index (χ2n) is 5.86. The zero-order valence-corrected chi connectivity index (χ0v) is 15.9. The molecule has 2 aromatic rings. The highest BCUT2D eigenvalue weighted by Crippen LogP contribution is 2.31. The van der Waals surface area contributed by atoms with Crippen molar-refractivity contribution in [1.29, 1.82) is 0 Å². The third-order valence-electron chi connectivity index (χ3n) is 4.03. The van der Waals surface area contributed by atoms with Gasteiger partial charge in [0.1, 0.15) is 0 Å². The number of alkyl halides is 3. The van der Waals surface area contributed by atoms with Gasteiger partial charge in [0.2, 0.25) is 5.72 Å². The summed E-state index contributed by atoms with van der Waals surface area (Å²) in [5.74, 6) is -0.827. The van der Waals surface area contributed by atoms with Crippen molar-refractivity contribution < 1.29 is 27.8 Å². The van der Waals surface area contributed by atoms with Gasteiger partial charge < -0.3 is 15.6 Å². The lowest BCUT2D eigenvalue weighted by molar-refractivity contribution is -0.151. The second kappa shape index (κ2) is 9.88. The van der Waals surface area contributed by atoms with E-state index in [1.54, 1.807) is 37.3 Å². The Kier molecular flexibility index (Phi) is 8.44. The van der Waals surface area contributed by atoms with Gasteiger partial charge in [-0.2, -0.15) is 13.2 Å². The van der Waals surface area contributed by atoms with E-state index in [9.17, 15) is 23.1 Å². The maximum Gasteiger partial charge on any atom is 0.416 e. The summed E-state index contributed by atoms with van der Waals surface area (Å²) in [6, 6.07) is 12.8. The van der Waals surface area contributed by atoms with Crippen LogP contribution < -0.4 is 11.1 Å². The van der Waals surface area contributed by atoms with Crippen LogP contribution in [0.1, 0.15) is 29.7 Å². The monoisotopic (exact) mass is 418 g/mol. The number of amides is 1. The van der Waals surface area contributed by atoms with E-state index in [1.807, 2.05) is 0 Å². The lowest BCUT2D eigenvalue weighted by Crippen LogP contribution is -2.55. The molecule has 5 nitrogen and oxygen atoms in total. The predicted molar refractivity (Wildman–Crippen MR) is 101 cm³/mol. The molecule has 1 amide bonds. The molecule has 0 saturated carbocycles. The number of benzene rings is 2. The van der Waals surface area contributed by atoms with Crippen LogP contribution in [0.3, 0.4) is 0 Å². The average molecular weight is 419 g/mol. The Morgan fingerprint density at radius 1 is 1.14 bits per heavy atom. The van der Waals surface area contributed by atoms with Gasteiger partial charge in [-0.1, -0.05) is 42.5 Å².